The normalized spacial score (nSPS) is 9.84. The smallest absolute Gasteiger partial charge is 0.147 e. The Morgan fingerprint density at radius 3 is 2.16 bits per heavy atom. The van der Waals surface area contributed by atoms with Gasteiger partial charge in [-0.1, -0.05) is 0 Å². The first-order chi connectivity index (χ1) is 7.87. The van der Waals surface area contributed by atoms with Gasteiger partial charge in [0.2, 0.25) is 0 Å². The summed E-state index contributed by atoms with van der Waals surface area (Å²) >= 11 is 1.69. The minimum absolute atomic E-state index is 0. The number of hydrogen-bond acceptors (Lipinski definition) is 2. The van der Waals surface area contributed by atoms with Crippen LogP contribution in [0.4, 0.5) is 0 Å². The number of halogens is 2. The maximum Gasteiger partial charge on any atom is -0.147 e. The van der Waals surface area contributed by atoms with Crippen LogP contribution in [0.15, 0.2) is 24.8 Å². The predicted octanol–water partition coefficient (Wildman–Crippen LogP) is 4.62. The van der Waals surface area contributed by atoms with Crippen LogP contribution in [-0.4, -0.2) is 8.32 Å². The van der Waals surface area contributed by atoms with Gasteiger partial charge in [-0.25, -0.2) is 0 Å². The van der Waals surface area contributed by atoms with Gasteiger partial charge in [0.1, 0.15) is 0 Å². The zero-order valence-electron chi connectivity index (χ0n) is 11.8. The Labute approximate surface area is 141 Å². The van der Waals surface area contributed by atoms with E-state index in [4.69, 9.17) is 7.74 Å². The predicted molar refractivity (Wildman–Crippen MR) is 84.2 cm³/mol. The second-order valence-electron chi connectivity index (χ2n) is 5.05. The number of allylic oxidation sites excluding steroid dienone is 1. The van der Waals surface area contributed by atoms with Crippen molar-refractivity contribution in [2.45, 2.75) is 33.0 Å². The van der Waals surface area contributed by atoms with E-state index < -0.39 is 8.32 Å². The van der Waals surface area contributed by atoms with Crippen molar-refractivity contribution in [3.63, 3.8) is 0 Å². The third-order valence-electron chi connectivity index (χ3n) is 2.19. The van der Waals surface area contributed by atoms with E-state index in [1.54, 1.807) is 20.8 Å². The van der Waals surface area contributed by atoms with Gasteiger partial charge in [0, 0.05) is 0 Å². The van der Waals surface area contributed by atoms with Crippen molar-refractivity contribution in [1.29, 1.82) is 0 Å². The quantitative estimate of drug-likeness (QED) is 0.566. The molecule has 1 aromatic carbocycles. The van der Waals surface area contributed by atoms with E-state index in [9.17, 15) is 0 Å². The molecule has 0 unspecified atom stereocenters. The number of benzene rings is 1. The van der Waals surface area contributed by atoms with E-state index in [2.05, 4.69) is 39.2 Å². The van der Waals surface area contributed by atoms with E-state index in [1.807, 2.05) is 12.1 Å². The van der Waals surface area contributed by atoms with Gasteiger partial charge in [0.15, 0.2) is 0 Å². The molecule has 0 aliphatic carbocycles. The maximum atomic E-state index is 6.12. The molecule has 0 amide bonds. The topological polar surface area (TPSA) is 18.5 Å². The maximum absolute atomic E-state index is 6.12. The van der Waals surface area contributed by atoms with Crippen molar-refractivity contribution in [1.82, 2.24) is 0 Å². The molecule has 107 valence electrons. The first-order valence-electron chi connectivity index (χ1n) is 5.64. The molecular weight excluding hydrogens is 335 g/mol. The van der Waals surface area contributed by atoms with E-state index in [0.717, 1.165) is 29.0 Å². The summed E-state index contributed by atoms with van der Waals surface area (Å²) in [7, 11) is -1.61. The van der Waals surface area contributed by atoms with Gasteiger partial charge in [-0.05, 0) is 0 Å². The Balaban J connectivity index is 0. The van der Waals surface area contributed by atoms with Crippen molar-refractivity contribution in [3.05, 3.63) is 35.9 Å². The molecule has 0 fully saturated rings. The molecule has 0 aromatic heterocycles. The van der Waals surface area contributed by atoms with E-state index in [0.29, 0.717) is 0 Å². The largest absolute Gasteiger partial charge is 0.147 e. The Morgan fingerprint density at radius 1 is 1.21 bits per heavy atom. The Morgan fingerprint density at radius 2 is 1.74 bits per heavy atom. The van der Waals surface area contributed by atoms with Gasteiger partial charge in [0.05, 0.1) is 0 Å². The molecule has 0 heterocycles. The van der Waals surface area contributed by atoms with Gasteiger partial charge in [0.25, 0.3) is 0 Å². The van der Waals surface area contributed by atoms with Crippen LogP contribution in [0.5, 0.6) is 11.5 Å². The minimum atomic E-state index is -1.61. The summed E-state index contributed by atoms with van der Waals surface area (Å²) in [5.74, 6) is 1.83. The molecule has 0 bridgehead atoms. The van der Waals surface area contributed by atoms with Crippen molar-refractivity contribution in [2.24, 2.45) is 0 Å². The molecule has 0 spiro atoms. The van der Waals surface area contributed by atoms with Gasteiger partial charge < -0.3 is 0 Å². The molecule has 0 saturated heterocycles. The molecule has 1 rings (SSSR count). The first-order valence-corrected chi connectivity index (χ1v) is 9.69. The standard InChI is InChI=1S/C13H20O2Si.2ClH.Ti/c1-6-7-11-12(14)8-10(2)9-13(11)15-16(3,4)5;;;/h6,8-9,14H,1,7H2,2-5H3;2*1H;/q;;;+1/p-1. The molecular formula is C13H21Cl2O2SiTi. The average Bonchev–Trinajstić information content (AvgIpc) is 2.19. The summed E-state index contributed by atoms with van der Waals surface area (Å²) in [5.41, 5.74) is 2.25. The molecule has 0 N–H and O–H groups in total. The fourth-order valence-corrected chi connectivity index (χ4v) is 2.73. The summed E-state index contributed by atoms with van der Waals surface area (Å²) in [6, 6.07) is 4.12. The zero-order valence-corrected chi connectivity index (χ0v) is 16.0. The van der Waals surface area contributed by atoms with Gasteiger partial charge >= 0.3 is 117 Å². The number of rotatable bonds is 5. The minimum Gasteiger partial charge on any atom is -0.147 e. The Hall–Kier alpha value is 0.0712. The molecule has 0 radical (unpaired) electrons. The fourth-order valence-electron chi connectivity index (χ4n) is 1.61. The third-order valence-corrected chi connectivity index (χ3v) is 3.36. The van der Waals surface area contributed by atoms with Crippen LogP contribution in [0.2, 0.25) is 19.6 Å². The van der Waals surface area contributed by atoms with Crippen LogP contribution in [0.1, 0.15) is 11.1 Å². The van der Waals surface area contributed by atoms with Crippen LogP contribution in [0.3, 0.4) is 0 Å². The summed E-state index contributed by atoms with van der Waals surface area (Å²) in [6.07, 6.45) is 2.65. The summed E-state index contributed by atoms with van der Waals surface area (Å²) in [5, 5.41) is 0. The number of aryl methyl sites for hydroxylation is 1. The molecule has 6 heteroatoms. The second-order valence-corrected chi connectivity index (χ2v) is 9.80. The van der Waals surface area contributed by atoms with Gasteiger partial charge in [-0.2, -0.15) is 0 Å². The SMILES string of the molecule is C=CCc1c([O][Ti])cc(C)cc1O[Si](C)(C)C.Cl.Cl. The first kappa shape index (κ1) is 21.4. The van der Waals surface area contributed by atoms with E-state index >= 15 is 0 Å². The summed E-state index contributed by atoms with van der Waals surface area (Å²) < 4.78 is 11.5. The molecule has 1 aromatic rings. The monoisotopic (exact) mass is 355 g/mol. The molecule has 19 heavy (non-hydrogen) atoms. The summed E-state index contributed by atoms with van der Waals surface area (Å²) in [6.45, 7) is 12.4. The van der Waals surface area contributed by atoms with E-state index in [-0.39, 0.29) is 24.8 Å². The van der Waals surface area contributed by atoms with Crippen molar-refractivity contribution in [2.75, 3.05) is 0 Å². The van der Waals surface area contributed by atoms with Crippen molar-refractivity contribution in [3.8, 4) is 11.5 Å². The molecule has 0 saturated carbocycles. The van der Waals surface area contributed by atoms with Gasteiger partial charge in [-0.15, -0.1) is 24.8 Å². The van der Waals surface area contributed by atoms with Crippen LogP contribution in [0.25, 0.3) is 0 Å². The zero-order chi connectivity index (χ0) is 13.1. The van der Waals surface area contributed by atoms with E-state index in [1.165, 1.54) is 0 Å². The Kier molecular flexibility index (Phi) is 10.2. The second kappa shape index (κ2) is 9.09. The fraction of sp³-hybridized carbons (Fsp3) is 0.385. The van der Waals surface area contributed by atoms with Crippen molar-refractivity contribution >= 4 is 33.1 Å². The molecule has 0 aliphatic heterocycles. The van der Waals surface area contributed by atoms with Gasteiger partial charge in [-0.3, -0.25) is 0 Å². The van der Waals surface area contributed by atoms with Crippen molar-refractivity contribution < 1.29 is 28.6 Å². The average molecular weight is 356 g/mol. The van der Waals surface area contributed by atoms with Crippen LogP contribution in [0, 0.1) is 6.92 Å². The van der Waals surface area contributed by atoms with Crippen LogP contribution >= 0.6 is 24.8 Å². The number of hydrogen-bond donors (Lipinski definition) is 0. The van der Waals surface area contributed by atoms with Crippen LogP contribution in [-0.2, 0) is 27.2 Å². The Bertz CT molecular complexity index is 420. The third kappa shape index (κ3) is 6.87. The molecule has 2 nitrogen and oxygen atoms in total. The van der Waals surface area contributed by atoms with Crippen LogP contribution < -0.4 is 7.74 Å². The summed E-state index contributed by atoms with van der Waals surface area (Å²) in [4.78, 5) is 0. The molecule has 0 atom stereocenters. The molecule has 0 aliphatic rings.